The Morgan fingerprint density at radius 1 is 1.10 bits per heavy atom. The molecule has 0 aliphatic rings. The van der Waals surface area contributed by atoms with Gasteiger partial charge in [0.15, 0.2) is 5.82 Å². The second kappa shape index (κ2) is 6.63. The molecule has 0 saturated carbocycles. The summed E-state index contributed by atoms with van der Waals surface area (Å²) < 4.78 is 5.50. The van der Waals surface area contributed by atoms with Crippen LogP contribution < -0.4 is 5.32 Å². The molecule has 3 aromatic heterocycles. The van der Waals surface area contributed by atoms with Crippen molar-refractivity contribution >= 4 is 27.8 Å². The molecule has 5 aromatic rings. The van der Waals surface area contributed by atoms with Crippen LogP contribution in [0.2, 0.25) is 0 Å². The Labute approximate surface area is 166 Å². The Hall–Kier alpha value is -3.87. The first kappa shape index (κ1) is 17.2. The smallest absolute Gasteiger partial charge is 0.251 e. The number of nitrogens with one attached hydrogen (secondary N) is 3. The highest BCUT2D eigenvalue weighted by Gasteiger charge is 2.14. The normalized spacial score (nSPS) is 11.4. The molecule has 0 saturated heterocycles. The van der Waals surface area contributed by atoms with Gasteiger partial charge in [0.1, 0.15) is 17.2 Å². The number of nitrogens with zero attached hydrogens (tertiary/aromatic N) is 2. The van der Waals surface area contributed by atoms with Crippen LogP contribution in [0.4, 0.5) is 0 Å². The van der Waals surface area contributed by atoms with Crippen LogP contribution in [0.15, 0.2) is 52.9 Å². The van der Waals surface area contributed by atoms with Gasteiger partial charge >= 0.3 is 0 Å². The Morgan fingerprint density at radius 3 is 2.79 bits per heavy atom. The van der Waals surface area contributed by atoms with Gasteiger partial charge in [0, 0.05) is 23.1 Å². The molecule has 0 spiro atoms. The van der Waals surface area contributed by atoms with E-state index in [4.69, 9.17) is 4.42 Å². The molecule has 0 bridgehead atoms. The molecule has 29 heavy (non-hydrogen) atoms. The summed E-state index contributed by atoms with van der Waals surface area (Å²) in [5, 5.41) is 11.3. The van der Waals surface area contributed by atoms with Crippen LogP contribution in [0.1, 0.15) is 27.4 Å². The van der Waals surface area contributed by atoms with E-state index < -0.39 is 0 Å². The summed E-state index contributed by atoms with van der Waals surface area (Å²) in [6.07, 6.45) is 0. The lowest BCUT2D eigenvalue weighted by Gasteiger charge is -2.04. The Balaban J connectivity index is 1.42. The second-order valence-corrected chi connectivity index (χ2v) is 7.06. The second-order valence-electron chi connectivity index (χ2n) is 7.06. The molecule has 0 radical (unpaired) electrons. The van der Waals surface area contributed by atoms with Crippen LogP contribution in [-0.2, 0) is 6.54 Å². The first-order valence-corrected chi connectivity index (χ1v) is 9.36. The Morgan fingerprint density at radius 2 is 1.97 bits per heavy atom. The maximum atomic E-state index is 12.6. The number of amides is 1. The van der Waals surface area contributed by atoms with Crippen molar-refractivity contribution in [1.82, 2.24) is 25.5 Å². The van der Waals surface area contributed by atoms with Crippen molar-refractivity contribution in [3.05, 3.63) is 71.2 Å². The molecule has 7 heteroatoms. The fourth-order valence-corrected chi connectivity index (χ4v) is 3.54. The SMILES string of the molecule is Cc1cc(CNC(=O)c2ccc3[nH]c(-c4n[nH]c5ccccc45)nc3c2)c(C)o1. The van der Waals surface area contributed by atoms with Gasteiger partial charge in [0.05, 0.1) is 16.6 Å². The van der Waals surface area contributed by atoms with Gasteiger partial charge in [-0.15, -0.1) is 0 Å². The van der Waals surface area contributed by atoms with Crippen LogP contribution >= 0.6 is 0 Å². The minimum atomic E-state index is -0.153. The highest BCUT2D eigenvalue weighted by atomic mass is 16.3. The maximum absolute atomic E-state index is 12.6. The van der Waals surface area contributed by atoms with E-state index in [2.05, 4.69) is 25.5 Å². The van der Waals surface area contributed by atoms with Gasteiger partial charge in [0.2, 0.25) is 0 Å². The van der Waals surface area contributed by atoms with E-state index in [9.17, 15) is 4.79 Å². The van der Waals surface area contributed by atoms with Gasteiger partial charge in [-0.05, 0) is 44.2 Å². The molecular formula is C22H19N5O2. The molecule has 3 heterocycles. The largest absolute Gasteiger partial charge is 0.466 e. The number of para-hydroxylation sites is 1. The molecule has 1 amide bonds. The molecule has 7 nitrogen and oxygen atoms in total. The quantitative estimate of drug-likeness (QED) is 0.431. The van der Waals surface area contributed by atoms with Gasteiger partial charge in [-0.2, -0.15) is 5.10 Å². The first-order chi connectivity index (χ1) is 14.1. The lowest BCUT2D eigenvalue weighted by atomic mass is 10.2. The van der Waals surface area contributed by atoms with E-state index in [-0.39, 0.29) is 5.91 Å². The average molecular weight is 385 g/mol. The third-order valence-electron chi connectivity index (χ3n) is 5.02. The number of fused-ring (bicyclic) bond motifs is 2. The summed E-state index contributed by atoms with van der Waals surface area (Å²) in [6, 6.07) is 15.3. The number of furan rings is 1. The molecule has 0 unspecified atom stereocenters. The van der Waals surface area contributed by atoms with Crippen molar-refractivity contribution in [2.75, 3.05) is 0 Å². The molecule has 0 aliphatic heterocycles. The van der Waals surface area contributed by atoms with Crippen molar-refractivity contribution in [1.29, 1.82) is 0 Å². The molecule has 0 fully saturated rings. The number of benzene rings is 2. The Bertz CT molecular complexity index is 1360. The molecular weight excluding hydrogens is 366 g/mol. The average Bonchev–Trinajstić information content (AvgIpc) is 3.41. The van der Waals surface area contributed by atoms with Crippen molar-refractivity contribution in [3.63, 3.8) is 0 Å². The predicted molar refractivity (Wildman–Crippen MR) is 111 cm³/mol. The van der Waals surface area contributed by atoms with E-state index >= 15 is 0 Å². The van der Waals surface area contributed by atoms with E-state index in [1.165, 1.54) is 0 Å². The Kier molecular flexibility index (Phi) is 3.94. The number of aromatic amines is 2. The zero-order valence-corrected chi connectivity index (χ0v) is 16.0. The molecule has 2 aromatic carbocycles. The molecule has 0 aliphatic carbocycles. The fraction of sp³-hybridized carbons (Fsp3) is 0.136. The van der Waals surface area contributed by atoms with Gasteiger partial charge in [-0.3, -0.25) is 9.89 Å². The van der Waals surface area contributed by atoms with Crippen LogP contribution in [0.5, 0.6) is 0 Å². The van der Waals surface area contributed by atoms with E-state index in [1.807, 2.05) is 50.2 Å². The zero-order valence-electron chi connectivity index (χ0n) is 16.0. The molecule has 5 rings (SSSR count). The fourth-order valence-electron chi connectivity index (χ4n) is 3.54. The summed E-state index contributed by atoms with van der Waals surface area (Å²) in [6.45, 7) is 4.21. The number of imidazole rings is 1. The van der Waals surface area contributed by atoms with Crippen LogP contribution in [0, 0.1) is 13.8 Å². The third kappa shape index (κ3) is 3.06. The summed E-state index contributed by atoms with van der Waals surface area (Å²) in [5.74, 6) is 2.17. The molecule has 144 valence electrons. The van der Waals surface area contributed by atoms with Crippen molar-refractivity contribution < 1.29 is 9.21 Å². The number of carbonyl (C=O) groups is 1. The highest BCUT2D eigenvalue weighted by Crippen LogP contribution is 2.26. The monoisotopic (exact) mass is 385 g/mol. The number of aromatic nitrogens is 4. The van der Waals surface area contributed by atoms with Gasteiger partial charge < -0.3 is 14.7 Å². The number of hydrogen-bond acceptors (Lipinski definition) is 4. The topological polar surface area (TPSA) is 99.6 Å². The van der Waals surface area contributed by atoms with E-state index in [0.717, 1.165) is 44.7 Å². The number of hydrogen-bond donors (Lipinski definition) is 3. The first-order valence-electron chi connectivity index (χ1n) is 9.36. The lowest BCUT2D eigenvalue weighted by Crippen LogP contribution is -2.22. The summed E-state index contributed by atoms with van der Waals surface area (Å²) in [7, 11) is 0. The van der Waals surface area contributed by atoms with Crippen molar-refractivity contribution in [3.8, 4) is 11.5 Å². The maximum Gasteiger partial charge on any atom is 0.251 e. The number of aryl methyl sites for hydroxylation is 2. The zero-order chi connectivity index (χ0) is 20.0. The summed E-state index contributed by atoms with van der Waals surface area (Å²) in [5.41, 5.74) is 4.81. The summed E-state index contributed by atoms with van der Waals surface area (Å²) in [4.78, 5) is 20.5. The van der Waals surface area contributed by atoms with Gasteiger partial charge in [-0.1, -0.05) is 18.2 Å². The standard InChI is InChI=1S/C22H19N5O2/c1-12-9-15(13(2)29-12)11-23-22(28)14-7-8-18-19(10-14)25-21(24-18)20-16-5-3-4-6-17(16)26-27-20/h3-10H,11H2,1-2H3,(H,23,28)(H,24,25)(H,26,27). The summed E-state index contributed by atoms with van der Waals surface area (Å²) >= 11 is 0. The minimum Gasteiger partial charge on any atom is -0.466 e. The highest BCUT2D eigenvalue weighted by molar-refractivity contribution is 5.98. The van der Waals surface area contributed by atoms with Crippen LogP contribution in [0.25, 0.3) is 33.5 Å². The molecule has 0 atom stereocenters. The van der Waals surface area contributed by atoms with Crippen LogP contribution in [-0.4, -0.2) is 26.1 Å². The third-order valence-corrected chi connectivity index (χ3v) is 5.02. The number of H-pyrrole nitrogens is 2. The van der Waals surface area contributed by atoms with Crippen molar-refractivity contribution in [2.45, 2.75) is 20.4 Å². The van der Waals surface area contributed by atoms with E-state index in [0.29, 0.717) is 17.9 Å². The number of rotatable bonds is 4. The molecule has 3 N–H and O–H groups in total. The van der Waals surface area contributed by atoms with Gasteiger partial charge in [0.25, 0.3) is 5.91 Å². The van der Waals surface area contributed by atoms with Gasteiger partial charge in [-0.25, -0.2) is 4.98 Å². The van der Waals surface area contributed by atoms with Crippen LogP contribution in [0.3, 0.4) is 0 Å². The lowest BCUT2D eigenvalue weighted by molar-refractivity contribution is 0.0951. The number of carbonyl (C=O) groups excluding carboxylic acids is 1. The predicted octanol–water partition coefficient (Wildman–Crippen LogP) is 4.25. The van der Waals surface area contributed by atoms with Crippen molar-refractivity contribution in [2.24, 2.45) is 0 Å². The van der Waals surface area contributed by atoms with E-state index in [1.54, 1.807) is 12.1 Å². The minimum absolute atomic E-state index is 0.153.